The summed E-state index contributed by atoms with van der Waals surface area (Å²) in [6.07, 6.45) is 2.30. The highest BCUT2D eigenvalue weighted by molar-refractivity contribution is 6.31. The molecule has 0 bridgehead atoms. The van der Waals surface area contributed by atoms with Crippen LogP contribution in [-0.2, 0) is 14.3 Å². The number of anilines is 1. The Kier molecular flexibility index (Phi) is 8.26. The molecule has 0 aliphatic heterocycles. The van der Waals surface area contributed by atoms with Crippen LogP contribution in [0.4, 0.5) is 20.2 Å². The van der Waals surface area contributed by atoms with E-state index in [9.17, 15) is 28.5 Å². The standard InChI is InChI=1S/C19H15ClF2N2O7/c1-29-16-8-11(2-6-15(16)31-19(21)22)3-7-18(26)30-10-17(25)23-13-5-4-12(20)9-14(13)24(27)28/h2-9,19H,10H2,1H3,(H,23,25)/b7-3+. The van der Waals surface area contributed by atoms with Gasteiger partial charge in [0.25, 0.3) is 11.6 Å². The van der Waals surface area contributed by atoms with Gasteiger partial charge >= 0.3 is 12.6 Å². The van der Waals surface area contributed by atoms with E-state index in [0.29, 0.717) is 5.56 Å². The SMILES string of the molecule is COc1cc(/C=C/C(=O)OCC(=O)Nc2ccc(Cl)cc2[N+](=O)[O-])ccc1OC(F)F. The van der Waals surface area contributed by atoms with Crippen molar-refractivity contribution in [2.24, 2.45) is 0 Å². The Morgan fingerprint density at radius 3 is 2.61 bits per heavy atom. The van der Waals surface area contributed by atoms with Gasteiger partial charge in [0.05, 0.1) is 12.0 Å². The summed E-state index contributed by atoms with van der Waals surface area (Å²) in [5.41, 5.74) is -0.110. The summed E-state index contributed by atoms with van der Waals surface area (Å²) >= 11 is 5.69. The van der Waals surface area contributed by atoms with Gasteiger partial charge in [-0.2, -0.15) is 8.78 Å². The van der Waals surface area contributed by atoms with Crippen LogP contribution in [0.3, 0.4) is 0 Å². The largest absolute Gasteiger partial charge is 0.493 e. The summed E-state index contributed by atoms with van der Waals surface area (Å²) in [5.74, 6) is -1.83. The highest BCUT2D eigenvalue weighted by atomic mass is 35.5. The topological polar surface area (TPSA) is 117 Å². The van der Waals surface area contributed by atoms with Crippen LogP contribution < -0.4 is 14.8 Å². The molecule has 0 fully saturated rings. The van der Waals surface area contributed by atoms with Gasteiger partial charge in [-0.1, -0.05) is 17.7 Å². The zero-order valence-corrected chi connectivity index (χ0v) is 16.6. The summed E-state index contributed by atoms with van der Waals surface area (Å²) in [6.45, 7) is -3.72. The average molecular weight is 457 g/mol. The number of methoxy groups -OCH3 is 1. The van der Waals surface area contributed by atoms with E-state index in [2.05, 4.69) is 10.1 Å². The summed E-state index contributed by atoms with van der Waals surface area (Å²) in [7, 11) is 1.26. The Bertz CT molecular complexity index is 1010. The van der Waals surface area contributed by atoms with Crippen LogP contribution in [0.1, 0.15) is 5.56 Å². The Balaban J connectivity index is 1.94. The number of hydrogen-bond donors (Lipinski definition) is 1. The van der Waals surface area contributed by atoms with Gasteiger partial charge in [0, 0.05) is 17.2 Å². The Morgan fingerprint density at radius 1 is 1.23 bits per heavy atom. The third kappa shape index (κ3) is 7.23. The lowest BCUT2D eigenvalue weighted by Gasteiger charge is -2.10. The first-order valence-electron chi connectivity index (χ1n) is 8.41. The number of amides is 1. The fourth-order valence-electron chi connectivity index (χ4n) is 2.28. The van der Waals surface area contributed by atoms with Crippen molar-refractivity contribution in [1.82, 2.24) is 0 Å². The van der Waals surface area contributed by atoms with Gasteiger partial charge in [0.15, 0.2) is 18.1 Å². The first-order valence-corrected chi connectivity index (χ1v) is 8.79. The summed E-state index contributed by atoms with van der Waals surface area (Å²) in [5, 5.41) is 13.4. The van der Waals surface area contributed by atoms with E-state index in [0.717, 1.165) is 12.1 Å². The van der Waals surface area contributed by atoms with Gasteiger partial charge in [0.1, 0.15) is 5.69 Å². The number of hydrogen-bond acceptors (Lipinski definition) is 7. The van der Waals surface area contributed by atoms with Gasteiger partial charge < -0.3 is 19.5 Å². The lowest BCUT2D eigenvalue weighted by Crippen LogP contribution is -2.20. The van der Waals surface area contributed by atoms with Crippen molar-refractivity contribution in [2.75, 3.05) is 19.0 Å². The lowest BCUT2D eigenvalue weighted by atomic mass is 10.2. The van der Waals surface area contributed by atoms with Gasteiger partial charge in [0.2, 0.25) is 0 Å². The van der Waals surface area contributed by atoms with E-state index >= 15 is 0 Å². The van der Waals surface area contributed by atoms with E-state index < -0.39 is 35.7 Å². The molecule has 1 amide bonds. The molecule has 9 nitrogen and oxygen atoms in total. The number of alkyl halides is 2. The molecule has 164 valence electrons. The Labute approximate surface area is 179 Å². The molecule has 0 radical (unpaired) electrons. The van der Waals surface area contributed by atoms with Crippen LogP contribution in [0.5, 0.6) is 11.5 Å². The average Bonchev–Trinajstić information content (AvgIpc) is 2.72. The van der Waals surface area contributed by atoms with Gasteiger partial charge in [-0.25, -0.2) is 4.79 Å². The normalized spacial score (nSPS) is 10.7. The second-order valence-corrected chi connectivity index (χ2v) is 6.13. The van der Waals surface area contributed by atoms with Crippen molar-refractivity contribution >= 4 is 40.9 Å². The third-order valence-corrected chi connectivity index (χ3v) is 3.83. The Morgan fingerprint density at radius 2 is 1.97 bits per heavy atom. The number of benzene rings is 2. The van der Waals surface area contributed by atoms with Gasteiger partial charge in [-0.15, -0.1) is 0 Å². The van der Waals surface area contributed by atoms with E-state index in [-0.39, 0.29) is 22.2 Å². The minimum atomic E-state index is -3.02. The van der Waals surface area contributed by atoms with Gasteiger partial charge in [-0.05, 0) is 35.9 Å². The van der Waals surface area contributed by atoms with Crippen molar-refractivity contribution in [3.63, 3.8) is 0 Å². The molecule has 2 aromatic carbocycles. The van der Waals surface area contributed by atoms with Crippen molar-refractivity contribution in [3.05, 3.63) is 63.2 Å². The summed E-state index contributed by atoms with van der Waals surface area (Å²) < 4.78 is 38.7. The summed E-state index contributed by atoms with van der Waals surface area (Å²) in [6, 6.07) is 7.66. The minimum absolute atomic E-state index is 0.0275. The fourth-order valence-corrected chi connectivity index (χ4v) is 2.44. The van der Waals surface area contributed by atoms with Crippen LogP contribution in [0, 0.1) is 10.1 Å². The molecule has 2 rings (SSSR count). The van der Waals surface area contributed by atoms with E-state index in [1.165, 1.54) is 43.5 Å². The number of carbonyl (C=O) groups excluding carboxylic acids is 2. The van der Waals surface area contributed by atoms with Crippen LogP contribution in [0.15, 0.2) is 42.5 Å². The molecule has 0 spiro atoms. The third-order valence-electron chi connectivity index (χ3n) is 3.59. The number of ether oxygens (including phenoxy) is 3. The maximum absolute atomic E-state index is 12.3. The first kappa shape index (κ1) is 23.5. The van der Waals surface area contributed by atoms with Crippen LogP contribution in [0.2, 0.25) is 5.02 Å². The number of nitro benzene ring substituents is 1. The summed E-state index contributed by atoms with van der Waals surface area (Å²) in [4.78, 5) is 34.0. The number of rotatable bonds is 9. The minimum Gasteiger partial charge on any atom is -0.493 e. The monoisotopic (exact) mass is 456 g/mol. The van der Waals surface area contributed by atoms with Crippen molar-refractivity contribution in [1.29, 1.82) is 0 Å². The quantitative estimate of drug-likeness (QED) is 0.262. The smallest absolute Gasteiger partial charge is 0.387 e. The van der Waals surface area contributed by atoms with Crippen molar-refractivity contribution in [3.8, 4) is 11.5 Å². The van der Waals surface area contributed by atoms with E-state index in [1.807, 2.05) is 0 Å². The molecule has 0 aliphatic rings. The Hall–Kier alpha value is -3.73. The number of nitrogens with one attached hydrogen (secondary N) is 1. The maximum atomic E-state index is 12.3. The molecule has 2 aromatic rings. The molecule has 0 saturated carbocycles. The predicted octanol–water partition coefficient (Wildman–Crippen LogP) is 4.05. The molecular formula is C19H15ClF2N2O7. The van der Waals surface area contributed by atoms with Crippen molar-refractivity contribution in [2.45, 2.75) is 6.61 Å². The molecule has 31 heavy (non-hydrogen) atoms. The molecule has 0 aliphatic carbocycles. The predicted molar refractivity (Wildman–Crippen MR) is 106 cm³/mol. The number of esters is 1. The van der Waals surface area contributed by atoms with E-state index in [4.69, 9.17) is 21.1 Å². The lowest BCUT2D eigenvalue weighted by molar-refractivity contribution is -0.383. The number of nitro groups is 1. The highest BCUT2D eigenvalue weighted by Gasteiger charge is 2.17. The zero-order chi connectivity index (χ0) is 23.0. The maximum Gasteiger partial charge on any atom is 0.387 e. The fraction of sp³-hybridized carbons (Fsp3) is 0.158. The van der Waals surface area contributed by atoms with E-state index in [1.54, 1.807) is 0 Å². The molecule has 12 heteroatoms. The molecule has 1 N–H and O–H groups in total. The van der Waals surface area contributed by atoms with Crippen molar-refractivity contribution < 1.29 is 37.5 Å². The van der Waals surface area contributed by atoms with Crippen LogP contribution in [-0.4, -0.2) is 37.1 Å². The number of halogens is 3. The molecule has 0 saturated heterocycles. The van der Waals surface area contributed by atoms with Gasteiger partial charge in [-0.3, -0.25) is 14.9 Å². The van der Waals surface area contributed by atoms with Crippen LogP contribution in [0.25, 0.3) is 6.08 Å². The zero-order valence-electron chi connectivity index (χ0n) is 15.8. The highest BCUT2D eigenvalue weighted by Crippen LogP contribution is 2.30. The number of nitrogens with zero attached hydrogens (tertiary/aromatic N) is 1. The molecule has 0 heterocycles. The molecule has 0 atom stereocenters. The second kappa shape index (κ2) is 10.9. The van der Waals surface area contributed by atoms with Crippen LogP contribution >= 0.6 is 11.6 Å². The number of carbonyl (C=O) groups is 2. The first-order chi connectivity index (χ1) is 14.7. The molecule has 0 unspecified atom stereocenters. The molecular weight excluding hydrogens is 442 g/mol. The molecule has 0 aromatic heterocycles. The second-order valence-electron chi connectivity index (χ2n) is 5.70.